The van der Waals surface area contributed by atoms with Crippen LogP contribution in [0.5, 0.6) is 0 Å². The minimum Gasteiger partial charge on any atom is -0.335 e. The highest BCUT2D eigenvalue weighted by molar-refractivity contribution is 5.96. The summed E-state index contributed by atoms with van der Waals surface area (Å²) < 4.78 is 56.3. The summed E-state index contributed by atoms with van der Waals surface area (Å²) in [7, 11) is 0. The smallest absolute Gasteiger partial charge is 0.335 e. The molecular formula is C24H22F4N4O2. The quantitative estimate of drug-likeness (QED) is 0.534. The standard InChI is InChI=1S/C24H22F4N4O2/c1-15-3-7-18(8-4-15)32-21(24(26,27)28)19(14-29-32)23(34)31-11-9-30(10-12-31)22(33)17-6-5-16(2)20(25)13-17/h3-8,13-14H,9-12H2,1-2H3. The number of carbonyl (C=O) groups excluding carboxylic acids is 2. The van der Waals surface area contributed by atoms with Gasteiger partial charge in [-0.3, -0.25) is 9.59 Å². The molecule has 178 valence electrons. The van der Waals surface area contributed by atoms with Crippen LogP contribution in [0.15, 0.2) is 48.7 Å². The number of nitrogens with zero attached hydrogens (tertiary/aromatic N) is 4. The van der Waals surface area contributed by atoms with Gasteiger partial charge in [-0.25, -0.2) is 9.07 Å². The predicted octanol–water partition coefficient (Wildman–Crippen LogP) is 4.25. The van der Waals surface area contributed by atoms with Gasteiger partial charge in [0.2, 0.25) is 0 Å². The van der Waals surface area contributed by atoms with Crippen LogP contribution in [0.4, 0.5) is 17.6 Å². The van der Waals surface area contributed by atoms with E-state index in [2.05, 4.69) is 5.10 Å². The minimum atomic E-state index is -4.81. The molecule has 0 unspecified atom stereocenters. The van der Waals surface area contributed by atoms with Crippen LogP contribution < -0.4 is 0 Å². The Labute approximate surface area is 193 Å². The first kappa shape index (κ1) is 23.5. The van der Waals surface area contributed by atoms with Crippen LogP contribution in [0.2, 0.25) is 0 Å². The Morgan fingerprint density at radius 2 is 1.47 bits per heavy atom. The van der Waals surface area contributed by atoms with E-state index in [0.29, 0.717) is 5.56 Å². The maximum absolute atomic E-state index is 13.9. The third-order valence-corrected chi connectivity index (χ3v) is 5.82. The lowest BCUT2D eigenvalue weighted by molar-refractivity contribution is -0.143. The first-order valence-electron chi connectivity index (χ1n) is 10.6. The number of hydrogen-bond acceptors (Lipinski definition) is 3. The maximum Gasteiger partial charge on any atom is 0.434 e. The first-order valence-corrected chi connectivity index (χ1v) is 10.6. The second-order valence-electron chi connectivity index (χ2n) is 8.20. The molecule has 2 aromatic carbocycles. The van der Waals surface area contributed by atoms with E-state index in [1.54, 1.807) is 19.1 Å². The topological polar surface area (TPSA) is 58.4 Å². The van der Waals surface area contributed by atoms with E-state index in [1.807, 2.05) is 6.92 Å². The lowest BCUT2D eigenvalue weighted by Crippen LogP contribution is -2.50. The van der Waals surface area contributed by atoms with Crippen molar-refractivity contribution in [2.75, 3.05) is 26.2 Å². The largest absolute Gasteiger partial charge is 0.434 e. The number of rotatable bonds is 3. The van der Waals surface area contributed by atoms with Crippen LogP contribution in [0.25, 0.3) is 5.69 Å². The van der Waals surface area contributed by atoms with Gasteiger partial charge in [0.05, 0.1) is 17.4 Å². The molecule has 0 radical (unpaired) electrons. The van der Waals surface area contributed by atoms with Crippen LogP contribution in [-0.2, 0) is 6.18 Å². The fourth-order valence-electron chi connectivity index (χ4n) is 3.85. The zero-order valence-corrected chi connectivity index (χ0v) is 18.6. The van der Waals surface area contributed by atoms with Gasteiger partial charge < -0.3 is 9.80 Å². The molecule has 2 amide bonds. The highest BCUT2D eigenvalue weighted by Crippen LogP contribution is 2.34. The average molecular weight is 474 g/mol. The number of carbonyl (C=O) groups is 2. The van der Waals surface area contributed by atoms with Gasteiger partial charge in [0.1, 0.15) is 5.82 Å². The van der Waals surface area contributed by atoms with Crippen molar-refractivity contribution in [3.63, 3.8) is 0 Å². The van der Waals surface area contributed by atoms with Crippen molar-refractivity contribution in [3.8, 4) is 5.69 Å². The van der Waals surface area contributed by atoms with E-state index >= 15 is 0 Å². The number of alkyl halides is 3. The van der Waals surface area contributed by atoms with Crippen molar-refractivity contribution in [3.05, 3.63) is 82.4 Å². The summed E-state index contributed by atoms with van der Waals surface area (Å²) in [6, 6.07) is 10.5. The summed E-state index contributed by atoms with van der Waals surface area (Å²) in [5, 5.41) is 3.85. The second kappa shape index (κ2) is 8.92. The summed E-state index contributed by atoms with van der Waals surface area (Å²) in [6.07, 6.45) is -3.88. The number of aryl methyl sites for hydroxylation is 2. The van der Waals surface area contributed by atoms with E-state index in [9.17, 15) is 27.2 Å². The lowest BCUT2D eigenvalue weighted by Gasteiger charge is -2.35. The van der Waals surface area contributed by atoms with Gasteiger partial charge >= 0.3 is 6.18 Å². The number of halogens is 4. The molecule has 0 bridgehead atoms. The van der Waals surface area contributed by atoms with Crippen LogP contribution in [0, 0.1) is 19.7 Å². The summed E-state index contributed by atoms with van der Waals surface area (Å²) in [5.74, 6) is -1.70. The van der Waals surface area contributed by atoms with Gasteiger partial charge in [0.25, 0.3) is 11.8 Å². The number of aromatic nitrogens is 2. The minimum absolute atomic E-state index is 0.0475. The molecule has 0 saturated carbocycles. The van der Waals surface area contributed by atoms with E-state index in [1.165, 1.54) is 34.1 Å². The van der Waals surface area contributed by atoms with Crippen molar-refractivity contribution in [1.82, 2.24) is 19.6 Å². The molecule has 0 aliphatic carbocycles. The molecule has 1 fully saturated rings. The molecule has 4 rings (SSSR count). The molecule has 1 aliphatic rings. The van der Waals surface area contributed by atoms with Gasteiger partial charge in [-0.1, -0.05) is 23.8 Å². The lowest BCUT2D eigenvalue weighted by atomic mass is 10.1. The molecule has 1 aromatic heterocycles. The molecule has 0 spiro atoms. The van der Waals surface area contributed by atoms with Crippen molar-refractivity contribution < 1.29 is 27.2 Å². The highest BCUT2D eigenvalue weighted by atomic mass is 19.4. The summed E-state index contributed by atoms with van der Waals surface area (Å²) in [6.45, 7) is 3.73. The molecule has 1 aliphatic heterocycles. The van der Waals surface area contributed by atoms with E-state index in [-0.39, 0.29) is 37.4 Å². The Bertz CT molecular complexity index is 1230. The number of piperazine rings is 1. The molecule has 34 heavy (non-hydrogen) atoms. The third-order valence-electron chi connectivity index (χ3n) is 5.82. The Balaban J connectivity index is 1.52. The third kappa shape index (κ3) is 4.52. The molecule has 10 heteroatoms. The normalized spacial score (nSPS) is 14.4. The van der Waals surface area contributed by atoms with Gasteiger partial charge in [-0.15, -0.1) is 0 Å². The van der Waals surface area contributed by atoms with Crippen molar-refractivity contribution in [2.24, 2.45) is 0 Å². The average Bonchev–Trinajstić information content (AvgIpc) is 3.26. The zero-order chi connectivity index (χ0) is 24.6. The zero-order valence-electron chi connectivity index (χ0n) is 18.6. The van der Waals surface area contributed by atoms with Gasteiger partial charge in [0.15, 0.2) is 5.69 Å². The number of benzene rings is 2. The van der Waals surface area contributed by atoms with Crippen molar-refractivity contribution in [2.45, 2.75) is 20.0 Å². The van der Waals surface area contributed by atoms with E-state index in [0.717, 1.165) is 22.5 Å². The molecular weight excluding hydrogens is 452 g/mol. The Kier molecular flexibility index (Phi) is 6.16. The molecule has 0 atom stereocenters. The predicted molar refractivity (Wildman–Crippen MR) is 116 cm³/mol. The van der Waals surface area contributed by atoms with Crippen LogP contribution in [0.3, 0.4) is 0 Å². The second-order valence-corrected chi connectivity index (χ2v) is 8.20. The maximum atomic E-state index is 13.9. The Hall–Kier alpha value is -3.69. The first-order chi connectivity index (χ1) is 16.1. The van der Waals surface area contributed by atoms with Gasteiger partial charge in [-0.2, -0.15) is 18.3 Å². The monoisotopic (exact) mass is 474 g/mol. The van der Waals surface area contributed by atoms with Crippen LogP contribution in [0.1, 0.15) is 37.5 Å². The SMILES string of the molecule is Cc1ccc(-n2ncc(C(=O)N3CCN(C(=O)c4ccc(C)c(F)c4)CC3)c2C(F)(F)F)cc1. The Morgan fingerprint density at radius 1 is 0.882 bits per heavy atom. The molecule has 6 nitrogen and oxygen atoms in total. The van der Waals surface area contributed by atoms with E-state index in [4.69, 9.17) is 0 Å². The molecule has 1 saturated heterocycles. The van der Waals surface area contributed by atoms with E-state index < -0.39 is 35.1 Å². The molecule has 2 heterocycles. The molecule has 0 N–H and O–H groups in total. The highest BCUT2D eigenvalue weighted by Gasteiger charge is 2.42. The number of amides is 2. The van der Waals surface area contributed by atoms with Crippen LogP contribution >= 0.6 is 0 Å². The fourth-order valence-corrected chi connectivity index (χ4v) is 3.85. The summed E-state index contributed by atoms with van der Waals surface area (Å²) in [5.41, 5.74) is -0.0250. The van der Waals surface area contributed by atoms with Crippen molar-refractivity contribution in [1.29, 1.82) is 0 Å². The summed E-state index contributed by atoms with van der Waals surface area (Å²) in [4.78, 5) is 28.4. The van der Waals surface area contributed by atoms with Gasteiger partial charge in [-0.05, 0) is 43.7 Å². The van der Waals surface area contributed by atoms with Crippen LogP contribution in [-0.4, -0.2) is 57.6 Å². The fraction of sp³-hybridized carbons (Fsp3) is 0.292. The molecule has 3 aromatic rings. The Morgan fingerprint density at radius 3 is 2.03 bits per heavy atom. The van der Waals surface area contributed by atoms with Gasteiger partial charge in [0, 0.05) is 31.7 Å². The van der Waals surface area contributed by atoms with Crippen molar-refractivity contribution >= 4 is 11.8 Å². The number of hydrogen-bond donors (Lipinski definition) is 0. The summed E-state index contributed by atoms with van der Waals surface area (Å²) >= 11 is 0.